The molecule has 2 nitrogen and oxygen atoms in total. The molecule has 1 aliphatic rings. The summed E-state index contributed by atoms with van der Waals surface area (Å²) in [5, 5.41) is 3.32. The first-order valence-corrected chi connectivity index (χ1v) is 5.19. The smallest absolute Gasteiger partial charge is 0.251 e. The van der Waals surface area contributed by atoms with Crippen LogP contribution in [0.25, 0.3) is 0 Å². The molecule has 1 atom stereocenters. The summed E-state index contributed by atoms with van der Waals surface area (Å²) in [6.45, 7) is 4.82. The summed E-state index contributed by atoms with van der Waals surface area (Å²) in [5.74, 6) is 0. The van der Waals surface area contributed by atoms with Crippen LogP contribution >= 0.6 is 0 Å². The Hall–Kier alpha value is -0.220. The molecule has 1 N–H and O–H groups in total. The zero-order valence-electron chi connectivity index (χ0n) is 9.02. The van der Waals surface area contributed by atoms with Gasteiger partial charge < -0.3 is 10.2 Å². The minimum absolute atomic E-state index is 0.115. The van der Waals surface area contributed by atoms with Crippen LogP contribution in [-0.4, -0.2) is 44.6 Å². The van der Waals surface area contributed by atoms with Gasteiger partial charge in [0.1, 0.15) is 0 Å². The summed E-state index contributed by atoms with van der Waals surface area (Å²) in [7, 11) is 1.77. The summed E-state index contributed by atoms with van der Waals surface area (Å²) >= 11 is 0. The number of hydrogen-bond acceptors (Lipinski definition) is 2. The van der Waals surface area contributed by atoms with Crippen molar-refractivity contribution in [2.24, 2.45) is 5.41 Å². The Labute approximate surface area is 84.7 Å². The molecule has 0 spiro atoms. The van der Waals surface area contributed by atoms with Crippen LogP contribution < -0.4 is 5.32 Å². The molecule has 84 valence electrons. The molecule has 0 aliphatic carbocycles. The summed E-state index contributed by atoms with van der Waals surface area (Å²) in [6.07, 6.45) is 0.0622. The predicted molar refractivity (Wildman–Crippen MR) is 53.7 cm³/mol. The van der Waals surface area contributed by atoms with Crippen molar-refractivity contribution in [3.05, 3.63) is 0 Å². The molecule has 1 unspecified atom stereocenters. The van der Waals surface area contributed by atoms with Gasteiger partial charge in [-0.15, -0.1) is 0 Å². The molecule has 1 fully saturated rings. The van der Waals surface area contributed by atoms with E-state index in [1.165, 1.54) is 0 Å². The second kappa shape index (κ2) is 5.03. The number of nitrogens with one attached hydrogen (secondary N) is 1. The van der Waals surface area contributed by atoms with E-state index in [4.69, 9.17) is 0 Å². The Kier molecular flexibility index (Phi) is 4.26. The van der Waals surface area contributed by atoms with Gasteiger partial charge in [-0.05, 0) is 31.8 Å². The Morgan fingerprint density at radius 1 is 1.50 bits per heavy atom. The van der Waals surface area contributed by atoms with Crippen LogP contribution in [0.3, 0.4) is 0 Å². The lowest BCUT2D eigenvalue weighted by Crippen LogP contribution is -2.45. The maximum Gasteiger partial charge on any atom is 0.251 e. The largest absolute Gasteiger partial charge is 0.316 e. The fourth-order valence-corrected chi connectivity index (χ4v) is 2.21. The average Bonchev–Trinajstić information content (AvgIpc) is 2.02. The third-order valence-corrected chi connectivity index (χ3v) is 2.79. The maximum atomic E-state index is 12.1. The summed E-state index contributed by atoms with van der Waals surface area (Å²) in [4.78, 5) is 1.73. The number of hydrogen-bond donors (Lipinski definition) is 1. The first kappa shape index (κ1) is 11.9. The van der Waals surface area contributed by atoms with Crippen molar-refractivity contribution in [1.82, 2.24) is 10.2 Å². The Bertz CT molecular complexity index is 168. The van der Waals surface area contributed by atoms with Crippen molar-refractivity contribution in [2.45, 2.75) is 26.2 Å². The minimum atomic E-state index is -2.22. The second-order valence-electron chi connectivity index (χ2n) is 4.68. The average molecular weight is 206 g/mol. The highest BCUT2D eigenvalue weighted by atomic mass is 19.3. The van der Waals surface area contributed by atoms with Gasteiger partial charge in [-0.2, -0.15) is 0 Å². The highest BCUT2D eigenvalue weighted by Crippen LogP contribution is 2.26. The molecule has 0 aromatic heterocycles. The van der Waals surface area contributed by atoms with E-state index in [-0.39, 0.29) is 12.0 Å². The SMILES string of the molecule is CN(CC(F)F)CC1(C)CCCNC1. The van der Waals surface area contributed by atoms with Crippen molar-refractivity contribution in [2.75, 3.05) is 33.2 Å². The number of rotatable bonds is 4. The van der Waals surface area contributed by atoms with Gasteiger partial charge in [-0.25, -0.2) is 8.78 Å². The molecule has 0 bridgehead atoms. The van der Waals surface area contributed by atoms with E-state index in [0.29, 0.717) is 0 Å². The van der Waals surface area contributed by atoms with Gasteiger partial charge in [-0.3, -0.25) is 0 Å². The van der Waals surface area contributed by atoms with Crippen LogP contribution in [0.15, 0.2) is 0 Å². The molecular formula is C10H20F2N2. The van der Waals surface area contributed by atoms with Gasteiger partial charge in [0.05, 0.1) is 6.54 Å². The van der Waals surface area contributed by atoms with Crippen LogP contribution in [0, 0.1) is 5.41 Å². The van der Waals surface area contributed by atoms with E-state index in [0.717, 1.165) is 32.5 Å². The van der Waals surface area contributed by atoms with Crippen LogP contribution in [0.4, 0.5) is 8.78 Å². The van der Waals surface area contributed by atoms with E-state index >= 15 is 0 Å². The fraction of sp³-hybridized carbons (Fsp3) is 1.00. The number of nitrogens with zero attached hydrogens (tertiary/aromatic N) is 1. The summed E-state index contributed by atoms with van der Waals surface area (Å²) in [6, 6.07) is 0. The van der Waals surface area contributed by atoms with Gasteiger partial charge in [0.25, 0.3) is 6.43 Å². The molecule has 0 radical (unpaired) electrons. The van der Waals surface area contributed by atoms with Crippen LogP contribution in [0.5, 0.6) is 0 Å². The van der Waals surface area contributed by atoms with E-state index < -0.39 is 6.43 Å². The third-order valence-electron chi connectivity index (χ3n) is 2.79. The Morgan fingerprint density at radius 2 is 2.21 bits per heavy atom. The van der Waals surface area contributed by atoms with E-state index in [9.17, 15) is 8.78 Å². The second-order valence-corrected chi connectivity index (χ2v) is 4.68. The number of piperidine rings is 1. The van der Waals surface area contributed by atoms with E-state index in [1.54, 1.807) is 11.9 Å². The van der Waals surface area contributed by atoms with Gasteiger partial charge in [0.2, 0.25) is 0 Å². The molecular weight excluding hydrogens is 186 g/mol. The van der Waals surface area contributed by atoms with Crippen LogP contribution in [0.1, 0.15) is 19.8 Å². The van der Waals surface area contributed by atoms with Crippen LogP contribution in [-0.2, 0) is 0 Å². The highest BCUT2D eigenvalue weighted by molar-refractivity contribution is 4.83. The van der Waals surface area contributed by atoms with Gasteiger partial charge in [-0.1, -0.05) is 6.92 Å². The zero-order valence-corrected chi connectivity index (χ0v) is 9.02. The Morgan fingerprint density at radius 3 is 2.71 bits per heavy atom. The van der Waals surface area contributed by atoms with Gasteiger partial charge >= 0.3 is 0 Å². The lowest BCUT2D eigenvalue weighted by Gasteiger charge is -2.37. The topological polar surface area (TPSA) is 15.3 Å². The van der Waals surface area contributed by atoms with E-state index in [2.05, 4.69) is 12.2 Å². The fourth-order valence-electron chi connectivity index (χ4n) is 2.21. The molecule has 1 rings (SSSR count). The monoisotopic (exact) mass is 206 g/mol. The standard InChI is InChI=1S/C10H20F2N2/c1-10(4-3-5-13-7-10)8-14(2)6-9(11)12/h9,13H,3-8H2,1-2H3. The molecule has 1 saturated heterocycles. The van der Waals surface area contributed by atoms with Crippen LogP contribution in [0.2, 0.25) is 0 Å². The molecule has 4 heteroatoms. The third kappa shape index (κ3) is 3.88. The molecule has 1 aliphatic heterocycles. The number of alkyl halides is 2. The number of halogens is 2. The summed E-state index contributed by atoms with van der Waals surface area (Å²) in [5.41, 5.74) is 0.169. The molecule has 0 aromatic carbocycles. The first-order valence-electron chi connectivity index (χ1n) is 5.19. The normalized spacial score (nSPS) is 28.7. The van der Waals surface area contributed by atoms with Gasteiger partial charge in [0, 0.05) is 13.1 Å². The lowest BCUT2D eigenvalue weighted by molar-refractivity contribution is 0.0716. The lowest BCUT2D eigenvalue weighted by atomic mass is 9.82. The predicted octanol–water partition coefficient (Wildman–Crippen LogP) is 1.57. The van der Waals surface area contributed by atoms with E-state index in [1.807, 2.05) is 0 Å². The molecule has 14 heavy (non-hydrogen) atoms. The molecule has 1 heterocycles. The highest BCUT2D eigenvalue weighted by Gasteiger charge is 2.28. The van der Waals surface area contributed by atoms with Gasteiger partial charge in [0.15, 0.2) is 0 Å². The maximum absolute atomic E-state index is 12.1. The van der Waals surface area contributed by atoms with Crippen molar-refractivity contribution < 1.29 is 8.78 Å². The molecule has 0 saturated carbocycles. The first-order chi connectivity index (χ1) is 6.52. The van der Waals surface area contributed by atoms with Crippen molar-refractivity contribution in [3.8, 4) is 0 Å². The Balaban J connectivity index is 2.33. The minimum Gasteiger partial charge on any atom is -0.316 e. The quantitative estimate of drug-likeness (QED) is 0.751. The van der Waals surface area contributed by atoms with Crippen molar-refractivity contribution in [3.63, 3.8) is 0 Å². The molecule has 0 amide bonds. The van der Waals surface area contributed by atoms with Crippen molar-refractivity contribution >= 4 is 0 Å². The summed E-state index contributed by atoms with van der Waals surface area (Å²) < 4.78 is 24.2. The molecule has 0 aromatic rings. The van der Waals surface area contributed by atoms with Crippen molar-refractivity contribution in [1.29, 1.82) is 0 Å². The zero-order chi connectivity index (χ0) is 10.6.